The van der Waals surface area contributed by atoms with E-state index in [1.54, 1.807) is 6.92 Å². The molecule has 0 spiro atoms. The van der Waals surface area contributed by atoms with Crippen LogP contribution in [0.3, 0.4) is 0 Å². The first-order chi connectivity index (χ1) is 14.5. The van der Waals surface area contributed by atoms with Crippen LogP contribution in [0, 0.1) is 11.6 Å². The van der Waals surface area contributed by atoms with Crippen molar-refractivity contribution < 1.29 is 18.3 Å². The number of morpholine rings is 1. The average Bonchev–Trinajstić information content (AvgIpc) is 2.74. The van der Waals surface area contributed by atoms with E-state index in [1.807, 2.05) is 24.3 Å². The summed E-state index contributed by atoms with van der Waals surface area (Å²) in [7, 11) is 0. The molecular weight excluding hydrogens is 408 g/mol. The second-order valence-corrected chi connectivity index (χ2v) is 8.43. The van der Waals surface area contributed by atoms with Crippen molar-refractivity contribution in [1.29, 1.82) is 0 Å². The quantitative estimate of drug-likeness (QED) is 0.334. The Bertz CT molecular complexity index is 1070. The topological polar surface area (TPSA) is 55.3 Å². The van der Waals surface area contributed by atoms with Crippen LogP contribution in [0.4, 0.5) is 8.78 Å². The Morgan fingerprint density at radius 2 is 1.93 bits per heavy atom. The predicted molar refractivity (Wildman–Crippen MR) is 112 cm³/mol. The van der Waals surface area contributed by atoms with Crippen molar-refractivity contribution >= 4 is 28.4 Å². The molecule has 4 rings (SSSR count). The molecule has 1 aliphatic heterocycles. The predicted octanol–water partition coefficient (Wildman–Crippen LogP) is 4.10. The van der Waals surface area contributed by atoms with Gasteiger partial charge in [-0.3, -0.25) is 9.69 Å². The van der Waals surface area contributed by atoms with Gasteiger partial charge in [0.15, 0.2) is 5.78 Å². The van der Waals surface area contributed by atoms with Crippen LogP contribution in [0.25, 0.3) is 10.9 Å². The molecule has 3 aromatic rings. The van der Waals surface area contributed by atoms with E-state index in [2.05, 4.69) is 9.88 Å². The van der Waals surface area contributed by atoms with Crippen LogP contribution in [0.1, 0.15) is 23.1 Å². The third kappa shape index (κ3) is 4.66. The molecule has 5 nitrogen and oxygen atoms in total. The SMILES string of the molecule is CC(Sc1nc(CN2CCOCC2)nc2ccccc12)C(=O)c1ccc(F)cc1F. The maximum atomic E-state index is 14.1. The highest BCUT2D eigenvalue weighted by Gasteiger charge is 2.23. The molecule has 156 valence electrons. The second-order valence-electron chi connectivity index (χ2n) is 7.10. The molecule has 1 aromatic heterocycles. The molecule has 2 heterocycles. The molecular formula is C22H21F2N3O2S. The molecule has 0 N–H and O–H groups in total. The van der Waals surface area contributed by atoms with Crippen molar-refractivity contribution in [3.05, 3.63) is 65.5 Å². The number of thioether (sulfide) groups is 1. The zero-order chi connectivity index (χ0) is 21.1. The van der Waals surface area contributed by atoms with Crippen LogP contribution in [-0.4, -0.2) is 52.2 Å². The molecule has 30 heavy (non-hydrogen) atoms. The molecule has 0 saturated carbocycles. The van der Waals surface area contributed by atoms with Crippen LogP contribution in [0.2, 0.25) is 0 Å². The van der Waals surface area contributed by atoms with Gasteiger partial charge in [-0.25, -0.2) is 18.7 Å². The van der Waals surface area contributed by atoms with Crippen molar-refractivity contribution in [3.63, 3.8) is 0 Å². The summed E-state index contributed by atoms with van der Waals surface area (Å²) in [6.45, 7) is 5.30. The van der Waals surface area contributed by atoms with E-state index in [0.29, 0.717) is 30.6 Å². The highest BCUT2D eigenvalue weighted by molar-refractivity contribution is 8.00. The normalized spacial score (nSPS) is 16.0. The lowest BCUT2D eigenvalue weighted by Crippen LogP contribution is -2.36. The summed E-state index contributed by atoms with van der Waals surface area (Å²) in [6.07, 6.45) is 0. The van der Waals surface area contributed by atoms with E-state index in [9.17, 15) is 13.6 Å². The number of carbonyl (C=O) groups excluding carboxylic acids is 1. The Morgan fingerprint density at radius 3 is 2.70 bits per heavy atom. The Balaban J connectivity index is 1.61. The fourth-order valence-electron chi connectivity index (χ4n) is 3.34. The van der Waals surface area contributed by atoms with Gasteiger partial charge in [0.25, 0.3) is 0 Å². The van der Waals surface area contributed by atoms with Gasteiger partial charge in [0, 0.05) is 24.5 Å². The summed E-state index contributed by atoms with van der Waals surface area (Å²) in [4.78, 5) is 24.4. The first kappa shape index (κ1) is 20.8. The van der Waals surface area contributed by atoms with Crippen LogP contribution >= 0.6 is 11.8 Å². The number of ketones is 1. The smallest absolute Gasteiger partial charge is 0.178 e. The lowest BCUT2D eigenvalue weighted by Gasteiger charge is -2.26. The maximum absolute atomic E-state index is 14.1. The number of rotatable bonds is 6. The fraction of sp³-hybridized carbons (Fsp3) is 0.318. The van der Waals surface area contributed by atoms with Crippen LogP contribution in [0.5, 0.6) is 0 Å². The minimum absolute atomic E-state index is 0.122. The monoisotopic (exact) mass is 429 g/mol. The van der Waals surface area contributed by atoms with Gasteiger partial charge in [0.05, 0.1) is 36.1 Å². The van der Waals surface area contributed by atoms with Crippen molar-refractivity contribution in [2.24, 2.45) is 0 Å². The summed E-state index contributed by atoms with van der Waals surface area (Å²) in [5.41, 5.74) is 0.675. The van der Waals surface area contributed by atoms with Crippen LogP contribution in [-0.2, 0) is 11.3 Å². The minimum Gasteiger partial charge on any atom is -0.379 e. The number of benzene rings is 2. The third-order valence-corrected chi connectivity index (χ3v) is 6.04. The van der Waals surface area contributed by atoms with Gasteiger partial charge in [-0.15, -0.1) is 0 Å². The van der Waals surface area contributed by atoms with Gasteiger partial charge in [-0.05, 0) is 25.1 Å². The first-order valence-corrected chi connectivity index (χ1v) is 10.6. The molecule has 8 heteroatoms. The number of carbonyl (C=O) groups is 1. The molecule has 1 fully saturated rings. The third-order valence-electron chi connectivity index (χ3n) is 4.94. The highest BCUT2D eigenvalue weighted by Crippen LogP contribution is 2.31. The van der Waals surface area contributed by atoms with Gasteiger partial charge in [-0.2, -0.15) is 0 Å². The minimum atomic E-state index is -0.854. The number of hydrogen-bond donors (Lipinski definition) is 0. The van der Waals surface area contributed by atoms with Crippen molar-refractivity contribution in [1.82, 2.24) is 14.9 Å². The second kappa shape index (κ2) is 9.16. The molecule has 1 atom stereocenters. The maximum Gasteiger partial charge on any atom is 0.178 e. The van der Waals surface area contributed by atoms with E-state index < -0.39 is 22.7 Å². The summed E-state index contributed by atoms with van der Waals surface area (Å²) in [5.74, 6) is -1.30. The fourth-order valence-corrected chi connectivity index (χ4v) is 4.37. The molecule has 0 amide bonds. The molecule has 1 aliphatic rings. The Hall–Kier alpha value is -2.42. The lowest BCUT2D eigenvalue weighted by molar-refractivity contribution is 0.0330. The molecule has 0 aliphatic carbocycles. The number of halogens is 2. The summed E-state index contributed by atoms with van der Waals surface area (Å²) in [5, 5.41) is 0.916. The van der Waals surface area contributed by atoms with E-state index >= 15 is 0 Å². The van der Waals surface area contributed by atoms with E-state index in [4.69, 9.17) is 9.72 Å². The Morgan fingerprint density at radius 1 is 1.17 bits per heavy atom. The molecule has 1 unspecified atom stereocenters. The summed E-state index contributed by atoms with van der Waals surface area (Å²) in [6, 6.07) is 10.6. The molecule has 2 aromatic carbocycles. The molecule has 0 bridgehead atoms. The van der Waals surface area contributed by atoms with Crippen LogP contribution in [0.15, 0.2) is 47.5 Å². The number of hydrogen-bond acceptors (Lipinski definition) is 6. The van der Waals surface area contributed by atoms with Gasteiger partial charge >= 0.3 is 0 Å². The standard InChI is InChI=1S/C22H21F2N3O2S/c1-14(21(28)16-7-6-15(23)12-18(16)24)30-22-17-4-2-3-5-19(17)25-20(26-22)13-27-8-10-29-11-9-27/h2-7,12,14H,8-11,13H2,1H3. The molecule has 0 radical (unpaired) electrons. The van der Waals surface area contributed by atoms with Crippen molar-refractivity contribution in [3.8, 4) is 0 Å². The number of aromatic nitrogens is 2. The van der Waals surface area contributed by atoms with Gasteiger partial charge in [0.2, 0.25) is 0 Å². The van der Waals surface area contributed by atoms with E-state index in [1.165, 1.54) is 17.8 Å². The number of nitrogens with zero attached hydrogens (tertiary/aromatic N) is 3. The summed E-state index contributed by atoms with van der Waals surface area (Å²) >= 11 is 1.26. The van der Waals surface area contributed by atoms with Crippen LogP contribution < -0.4 is 0 Å². The first-order valence-electron chi connectivity index (χ1n) is 9.73. The number of para-hydroxylation sites is 1. The Kier molecular flexibility index (Phi) is 6.36. The average molecular weight is 429 g/mol. The zero-order valence-electron chi connectivity index (χ0n) is 16.5. The number of Topliss-reactive ketones (excluding diaryl/α,β-unsaturated/α-hetero) is 1. The van der Waals surface area contributed by atoms with Crippen molar-refractivity contribution in [2.75, 3.05) is 26.3 Å². The summed E-state index contributed by atoms with van der Waals surface area (Å²) < 4.78 is 32.6. The highest BCUT2D eigenvalue weighted by atomic mass is 32.2. The van der Waals surface area contributed by atoms with Gasteiger partial charge < -0.3 is 4.74 Å². The van der Waals surface area contributed by atoms with E-state index in [0.717, 1.165) is 36.1 Å². The largest absolute Gasteiger partial charge is 0.379 e. The Labute approximate surface area is 177 Å². The van der Waals surface area contributed by atoms with E-state index in [-0.39, 0.29) is 5.56 Å². The van der Waals surface area contributed by atoms with Gasteiger partial charge in [0.1, 0.15) is 22.5 Å². The zero-order valence-corrected chi connectivity index (χ0v) is 17.3. The number of ether oxygens (including phenoxy) is 1. The number of fused-ring (bicyclic) bond motifs is 1. The van der Waals surface area contributed by atoms with Crippen molar-refractivity contribution in [2.45, 2.75) is 23.7 Å². The lowest BCUT2D eigenvalue weighted by atomic mass is 10.1. The van der Waals surface area contributed by atoms with Gasteiger partial charge in [-0.1, -0.05) is 30.0 Å². The molecule has 1 saturated heterocycles.